The van der Waals surface area contributed by atoms with Crippen molar-refractivity contribution in [1.82, 2.24) is 4.90 Å². The average Bonchev–Trinajstić information content (AvgIpc) is 1.27. The van der Waals surface area contributed by atoms with E-state index in [1.54, 1.807) is 6.92 Å². The molecule has 0 aliphatic heterocycles. The van der Waals surface area contributed by atoms with Crippen molar-refractivity contribution in [2.45, 2.75) is 13.0 Å². The Labute approximate surface area is 63.1 Å². The first-order valence-electron chi connectivity index (χ1n) is 2.43. The maximum atomic E-state index is 10.3. The van der Waals surface area contributed by atoms with Crippen molar-refractivity contribution in [3.63, 3.8) is 0 Å². The predicted molar refractivity (Wildman–Crippen MR) is 28.0 cm³/mol. The molecule has 0 amide bonds. The van der Waals surface area contributed by atoms with E-state index in [-0.39, 0.29) is 18.9 Å². The SMILES string of the molecule is CC([O-])CN(C)C.[Li+]. The molecule has 0 aromatic rings. The Morgan fingerprint density at radius 1 is 1.50 bits per heavy atom. The van der Waals surface area contributed by atoms with Crippen molar-refractivity contribution in [3.05, 3.63) is 0 Å². The van der Waals surface area contributed by atoms with Crippen molar-refractivity contribution in [2.24, 2.45) is 0 Å². The average molecular weight is 109 g/mol. The van der Waals surface area contributed by atoms with Crippen LogP contribution in [0.1, 0.15) is 6.92 Å². The van der Waals surface area contributed by atoms with E-state index in [9.17, 15) is 5.11 Å². The second-order valence-electron chi connectivity index (χ2n) is 2.07. The fraction of sp³-hybridized carbons (Fsp3) is 1.00. The molecule has 1 atom stereocenters. The molecule has 1 unspecified atom stereocenters. The summed E-state index contributed by atoms with van der Waals surface area (Å²) >= 11 is 0. The van der Waals surface area contributed by atoms with Crippen LogP contribution in [0.2, 0.25) is 0 Å². The summed E-state index contributed by atoms with van der Waals surface area (Å²) in [6.07, 6.45) is -0.449. The van der Waals surface area contributed by atoms with Crippen LogP contribution in [0, 0.1) is 0 Å². The molecule has 0 N–H and O–H groups in total. The maximum absolute atomic E-state index is 10.3. The largest absolute Gasteiger partial charge is 1.00 e. The molecule has 0 rings (SSSR count). The van der Waals surface area contributed by atoms with Crippen molar-refractivity contribution in [2.75, 3.05) is 20.6 Å². The van der Waals surface area contributed by atoms with Gasteiger partial charge in [0.2, 0.25) is 0 Å². The fourth-order valence-electron chi connectivity index (χ4n) is 0.514. The van der Waals surface area contributed by atoms with Crippen LogP contribution < -0.4 is 24.0 Å². The monoisotopic (exact) mass is 109 g/mol. The Kier molecular flexibility index (Phi) is 8.00. The fourth-order valence-corrected chi connectivity index (χ4v) is 0.514. The number of rotatable bonds is 2. The van der Waals surface area contributed by atoms with Gasteiger partial charge in [0, 0.05) is 0 Å². The summed E-state index contributed by atoms with van der Waals surface area (Å²) in [5, 5.41) is 10.3. The van der Waals surface area contributed by atoms with Gasteiger partial charge in [0.15, 0.2) is 0 Å². The predicted octanol–water partition coefficient (Wildman–Crippen LogP) is -3.70. The Morgan fingerprint density at radius 3 is 1.88 bits per heavy atom. The molecule has 0 saturated heterocycles. The van der Waals surface area contributed by atoms with Crippen molar-refractivity contribution < 1.29 is 24.0 Å². The molecule has 0 saturated carbocycles. The number of hydrogen-bond acceptors (Lipinski definition) is 2. The van der Waals surface area contributed by atoms with E-state index in [0.717, 1.165) is 0 Å². The van der Waals surface area contributed by atoms with E-state index in [1.807, 2.05) is 19.0 Å². The van der Waals surface area contributed by atoms with Gasteiger partial charge in [0.25, 0.3) is 0 Å². The Bertz CT molecular complexity index is 41.7. The summed E-state index contributed by atoms with van der Waals surface area (Å²) in [6.45, 7) is 2.31. The molecule has 0 spiro atoms. The molecule has 8 heavy (non-hydrogen) atoms. The van der Waals surface area contributed by atoms with Crippen LogP contribution in [0.4, 0.5) is 0 Å². The molecule has 2 nitrogen and oxygen atoms in total. The molecule has 0 aliphatic carbocycles. The minimum Gasteiger partial charge on any atom is -0.851 e. The summed E-state index contributed by atoms with van der Waals surface area (Å²) in [5.41, 5.74) is 0. The molecule has 0 aliphatic rings. The summed E-state index contributed by atoms with van der Waals surface area (Å²) < 4.78 is 0. The molecular formula is C5H12LiNO. The van der Waals surface area contributed by atoms with Gasteiger partial charge in [-0.3, -0.25) is 0 Å². The Balaban J connectivity index is 0. The number of hydrogen-bond donors (Lipinski definition) is 0. The van der Waals surface area contributed by atoms with Crippen LogP contribution in [0.5, 0.6) is 0 Å². The third-order valence-corrected chi connectivity index (χ3v) is 0.622. The first-order valence-corrected chi connectivity index (χ1v) is 2.43. The second-order valence-corrected chi connectivity index (χ2v) is 2.07. The van der Waals surface area contributed by atoms with E-state index in [2.05, 4.69) is 0 Å². The van der Waals surface area contributed by atoms with Crippen LogP contribution in [0.25, 0.3) is 0 Å². The van der Waals surface area contributed by atoms with Crippen LogP contribution in [0.15, 0.2) is 0 Å². The third-order valence-electron chi connectivity index (χ3n) is 0.622. The summed E-state index contributed by atoms with van der Waals surface area (Å²) in [7, 11) is 3.79. The van der Waals surface area contributed by atoms with E-state index in [0.29, 0.717) is 6.54 Å². The van der Waals surface area contributed by atoms with Gasteiger partial charge in [-0.2, -0.15) is 0 Å². The normalized spacial score (nSPS) is 13.1. The number of nitrogens with zero attached hydrogens (tertiary/aromatic N) is 1. The zero-order valence-electron chi connectivity index (χ0n) is 6.14. The molecule has 0 aromatic heterocycles. The van der Waals surface area contributed by atoms with E-state index < -0.39 is 6.10 Å². The maximum Gasteiger partial charge on any atom is 1.00 e. The summed E-state index contributed by atoms with van der Waals surface area (Å²) in [4.78, 5) is 1.89. The molecule has 0 bridgehead atoms. The minimum absolute atomic E-state index is 0. The van der Waals surface area contributed by atoms with Gasteiger partial charge in [0.1, 0.15) is 0 Å². The molecule has 0 radical (unpaired) electrons. The Morgan fingerprint density at radius 2 is 1.88 bits per heavy atom. The van der Waals surface area contributed by atoms with Gasteiger partial charge >= 0.3 is 18.9 Å². The van der Waals surface area contributed by atoms with Gasteiger partial charge in [-0.25, -0.2) is 0 Å². The van der Waals surface area contributed by atoms with E-state index in [1.165, 1.54) is 0 Å². The quantitative estimate of drug-likeness (QED) is 0.341. The molecule has 0 heterocycles. The van der Waals surface area contributed by atoms with E-state index >= 15 is 0 Å². The van der Waals surface area contributed by atoms with Gasteiger partial charge < -0.3 is 10.0 Å². The van der Waals surface area contributed by atoms with Crippen LogP contribution in [0.3, 0.4) is 0 Å². The standard InChI is InChI=1S/C5H12NO.Li/c1-5(7)4-6(2)3;/h5H,4H2,1-3H3;/q-1;+1. The first-order chi connectivity index (χ1) is 3.13. The number of likely N-dealkylation sites (N-methyl/N-ethyl adjacent to an activating group) is 1. The second kappa shape index (κ2) is 5.65. The molecule has 0 fully saturated rings. The topological polar surface area (TPSA) is 26.3 Å². The molecule has 44 valence electrons. The van der Waals surface area contributed by atoms with Crippen LogP contribution in [-0.2, 0) is 0 Å². The van der Waals surface area contributed by atoms with Crippen LogP contribution >= 0.6 is 0 Å². The zero-order chi connectivity index (χ0) is 5.86. The molecule has 3 heteroatoms. The van der Waals surface area contributed by atoms with Gasteiger partial charge in [-0.05, 0) is 20.6 Å². The Hall–Kier alpha value is 0.517. The zero-order valence-corrected chi connectivity index (χ0v) is 6.14. The summed E-state index contributed by atoms with van der Waals surface area (Å²) in [5.74, 6) is 0. The minimum atomic E-state index is -0.449. The van der Waals surface area contributed by atoms with E-state index in [4.69, 9.17) is 0 Å². The van der Waals surface area contributed by atoms with Crippen molar-refractivity contribution in [3.8, 4) is 0 Å². The molecule has 0 aromatic carbocycles. The first kappa shape index (κ1) is 11.3. The van der Waals surface area contributed by atoms with Gasteiger partial charge in [-0.15, -0.1) is 6.10 Å². The van der Waals surface area contributed by atoms with Crippen LogP contribution in [-0.4, -0.2) is 31.6 Å². The summed E-state index contributed by atoms with van der Waals surface area (Å²) in [6, 6.07) is 0. The van der Waals surface area contributed by atoms with Crippen molar-refractivity contribution in [1.29, 1.82) is 0 Å². The smallest absolute Gasteiger partial charge is 0.851 e. The third kappa shape index (κ3) is 9.72. The van der Waals surface area contributed by atoms with Gasteiger partial charge in [-0.1, -0.05) is 6.92 Å². The van der Waals surface area contributed by atoms with Gasteiger partial charge in [0.05, 0.1) is 0 Å². The molecular weight excluding hydrogens is 97.0 g/mol. The van der Waals surface area contributed by atoms with Crippen molar-refractivity contribution >= 4 is 0 Å².